The Morgan fingerprint density at radius 2 is 1.75 bits per heavy atom. The normalized spacial score (nSPS) is 18.5. The van der Waals surface area contributed by atoms with Crippen LogP contribution < -0.4 is 4.74 Å². The van der Waals surface area contributed by atoms with E-state index in [0.29, 0.717) is 5.75 Å². The number of halogens is 3. The van der Waals surface area contributed by atoms with Gasteiger partial charge in [-0.2, -0.15) is 28.4 Å². The molecule has 4 rings (SSSR count). The number of aliphatic hydroxyl groups is 1. The number of rotatable bonds is 5. The van der Waals surface area contributed by atoms with E-state index in [4.69, 9.17) is 4.74 Å². The number of hydrogen-bond donors (Lipinski definition) is 1. The zero-order chi connectivity index (χ0) is 22.9. The maximum atomic E-state index is 13.3. The fraction of sp³-hybridized carbons (Fsp3) is 0.227. The first kappa shape index (κ1) is 21.6. The maximum absolute atomic E-state index is 13.3. The van der Waals surface area contributed by atoms with Crippen molar-refractivity contribution in [3.05, 3.63) is 72.6 Å². The maximum Gasteiger partial charge on any atom is 0.438 e. The highest BCUT2D eigenvalue weighted by Crippen LogP contribution is 2.40. The topological polar surface area (TPSA) is 80.0 Å². The van der Waals surface area contributed by atoms with E-state index < -0.39 is 24.2 Å². The van der Waals surface area contributed by atoms with Crippen LogP contribution >= 0.6 is 0 Å². The molecule has 0 saturated carbocycles. The van der Waals surface area contributed by atoms with Crippen molar-refractivity contribution in [2.24, 2.45) is 5.10 Å². The molecule has 1 atom stereocenters. The molecule has 1 unspecified atom stereocenters. The molecule has 1 N–H and O–H groups in total. The van der Waals surface area contributed by atoms with Crippen LogP contribution in [0.25, 0.3) is 11.1 Å². The van der Waals surface area contributed by atoms with Crippen molar-refractivity contribution < 1.29 is 27.8 Å². The van der Waals surface area contributed by atoms with Crippen LogP contribution in [0.2, 0.25) is 0 Å². The summed E-state index contributed by atoms with van der Waals surface area (Å²) < 4.78 is 46.9. The Bertz CT molecular complexity index is 1140. The third-order valence-electron chi connectivity index (χ3n) is 4.95. The van der Waals surface area contributed by atoms with Gasteiger partial charge in [0.25, 0.3) is 11.6 Å². The summed E-state index contributed by atoms with van der Waals surface area (Å²) in [4.78, 5) is 12.6. The number of carbonyl (C=O) groups excluding carboxylic acids is 1. The largest absolute Gasteiger partial charge is 0.471 e. The Morgan fingerprint density at radius 3 is 2.41 bits per heavy atom. The average Bonchev–Trinajstić information content (AvgIpc) is 3.37. The first-order valence-corrected chi connectivity index (χ1v) is 9.67. The van der Waals surface area contributed by atoms with Crippen LogP contribution in [0.1, 0.15) is 23.8 Å². The van der Waals surface area contributed by atoms with Gasteiger partial charge in [0.15, 0.2) is 12.4 Å². The molecule has 1 aliphatic rings. The smallest absolute Gasteiger partial charge is 0.438 e. The molecule has 0 spiro atoms. The van der Waals surface area contributed by atoms with Crippen molar-refractivity contribution in [1.29, 1.82) is 0 Å². The van der Waals surface area contributed by atoms with E-state index in [9.17, 15) is 23.1 Å². The molecule has 0 saturated heterocycles. The molecule has 1 aliphatic heterocycles. The van der Waals surface area contributed by atoms with Gasteiger partial charge < -0.3 is 9.84 Å². The standard InChI is InChI=1S/C22H19F3N4O3/c1-15-13-21(31,22(23,24)25)29(26-15)20(30)19-11-12-28(27-19)14-32-18-9-7-17(8-10-18)16-5-3-2-4-6-16/h2-12,31H,13-14H2,1H3. The monoisotopic (exact) mass is 444 g/mol. The van der Waals surface area contributed by atoms with Crippen LogP contribution in [0.5, 0.6) is 5.75 Å². The van der Waals surface area contributed by atoms with Gasteiger partial charge in [0, 0.05) is 18.3 Å². The molecular weight excluding hydrogens is 425 g/mol. The Balaban J connectivity index is 1.42. The van der Waals surface area contributed by atoms with Crippen LogP contribution in [-0.2, 0) is 6.73 Å². The van der Waals surface area contributed by atoms with Gasteiger partial charge in [0.05, 0.1) is 0 Å². The summed E-state index contributed by atoms with van der Waals surface area (Å²) in [6.07, 6.45) is -4.49. The summed E-state index contributed by atoms with van der Waals surface area (Å²) in [5.74, 6) is -0.605. The van der Waals surface area contributed by atoms with Gasteiger partial charge in [0.2, 0.25) is 0 Å². The number of ether oxygens (including phenoxy) is 1. The summed E-state index contributed by atoms with van der Waals surface area (Å²) in [5.41, 5.74) is -1.62. The van der Waals surface area contributed by atoms with Gasteiger partial charge in [0.1, 0.15) is 5.75 Å². The van der Waals surface area contributed by atoms with Crippen molar-refractivity contribution in [2.45, 2.75) is 32.0 Å². The lowest BCUT2D eigenvalue weighted by atomic mass is 10.1. The summed E-state index contributed by atoms with van der Waals surface area (Å²) in [5, 5.41) is 17.6. The van der Waals surface area contributed by atoms with Crippen LogP contribution in [0.4, 0.5) is 13.2 Å². The fourth-order valence-electron chi connectivity index (χ4n) is 3.33. The molecule has 32 heavy (non-hydrogen) atoms. The van der Waals surface area contributed by atoms with Crippen molar-refractivity contribution in [2.75, 3.05) is 0 Å². The Kier molecular flexibility index (Phi) is 5.47. The van der Waals surface area contributed by atoms with Crippen LogP contribution in [0, 0.1) is 0 Å². The highest BCUT2D eigenvalue weighted by atomic mass is 19.4. The molecule has 0 aliphatic carbocycles. The Labute approximate surface area is 181 Å². The number of hydrogen-bond acceptors (Lipinski definition) is 5. The first-order valence-electron chi connectivity index (χ1n) is 9.67. The molecule has 2 heterocycles. The Morgan fingerprint density at radius 1 is 1.09 bits per heavy atom. The molecular formula is C22H19F3N4O3. The fourth-order valence-corrected chi connectivity index (χ4v) is 3.33. The quantitative estimate of drug-likeness (QED) is 0.644. The number of alkyl halides is 3. The zero-order valence-corrected chi connectivity index (χ0v) is 17.0. The number of nitrogens with zero attached hydrogens (tertiary/aromatic N) is 4. The van der Waals surface area contributed by atoms with Crippen molar-refractivity contribution in [1.82, 2.24) is 14.8 Å². The minimum absolute atomic E-state index is 0.0140. The molecule has 0 bridgehead atoms. The summed E-state index contributed by atoms with van der Waals surface area (Å²) in [6.45, 7) is 1.24. The van der Waals surface area contributed by atoms with Crippen molar-refractivity contribution in [3.8, 4) is 16.9 Å². The first-order chi connectivity index (χ1) is 15.2. The van der Waals surface area contributed by atoms with Gasteiger partial charge in [-0.25, -0.2) is 4.68 Å². The molecule has 10 heteroatoms. The SMILES string of the molecule is CC1=NN(C(=O)c2ccn(COc3ccc(-c4ccccc4)cc3)n2)C(O)(C(F)(F)F)C1. The Hall–Kier alpha value is -3.66. The predicted octanol–water partition coefficient (Wildman–Crippen LogP) is 4.06. The van der Waals surface area contributed by atoms with Gasteiger partial charge in [-0.3, -0.25) is 4.79 Å². The van der Waals surface area contributed by atoms with Crippen molar-refractivity contribution >= 4 is 11.6 Å². The number of hydrazone groups is 1. The molecule has 0 fully saturated rings. The number of carbonyl (C=O) groups is 1. The third kappa shape index (κ3) is 4.09. The van der Waals surface area contributed by atoms with E-state index in [1.165, 1.54) is 23.9 Å². The second-order valence-electron chi connectivity index (χ2n) is 7.35. The predicted molar refractivity (Wildman–Crippen MR) is 110 cm³/mol. The second-order valence-corrected chi connectivity index (χ2v) is 7.35. The van der Waals surface area contributed by atoms with Crippen molar-refractivity contribution in [3.63, 3.8) is 0 Å². The van der Waals surface area contributed by atoms with Gasteiger partial charge in [-0.1, -0.05) is 42.5 Å². The highest BCUT2D eigenvalue weighted by molar-refractivity contribution is 5.96. The van der Waals surface area contributed by atoms with Gasteiger partial charge in [-0.15, -0.1) is 0 Å². The second kappa shape index (κ2) is 8.12. The van der Waals surface area contributed by atoms with Gasteiger partial charge in [-0.05, 0) is 36.2 Å². The number of amides is 1. The molecule has 0 radical (unpaired) electrons. The number of aromatic nitrogens is 2. The zero-order valence-electron chi connectivity index (χ0n) is 17.0. The van der Waals surface area contributed by atoms with Crippen LogP contribution in [0.15, 0.2) is 72.0 Å². The minimum Gasteiger partial charge on any atom is -0.471 e. The van der Waals surface area contributed by atoms with Gasteiger partial charge >= 0.3 is 6.18 Å². The summed E-state index contributed by atoms with van der Waals surface area (Å²) in [7, 11) is 0. The molecule has 166 valence electrons. The van der Waals surface area contributed by atoms with E-state index >= 15 is 0 Å². The minimum atomic E-state index is -5.07. The third-order valence-corrected chi connectivity index (χ3v) is 4.95. The van der Waals surface area contributed by atoms with Crippen LogP contribution in [-0.4, -0.2) is 43.4 Å². The summed E-state index contributed by atoms with van der Waals surface area (Å²) in [6, 6.07) is 18.4. The van der Waals surface area contributed by atoms with E-state index in [0.717, 1.165) is 11.1 Å². The molecule has 7 nitrogen and oxygen atoms in total. The average molecular weight is 444 g/mol. The lowest BCUT2D eigenvalue weighted by molar-refractivity contribution is -0.297. The highest BCUT2D eigenvalue weighted by Gasteiger charge is 2.63. The summed E-state index contributed by atoms with van der Waals surface area (Å²) >= 11 is 0. The molecule has 1 aromatic heterocycles. The van der Waals surface area contributed by atoms with E-state index in [1.54, 1.807) is 12.1 Å². The molecule has 2 aromatic carbocycles. The number of benzene rings is 2. The van der Waals surface area contributed by atoms with Crippen LogP contribution in [0.3, 0.4) is 0 Å². The molecule has 3 aromatic rings. The molecule has 1 amide bonds. The van der Waals surface area contributed by atoms with E-state index in [1.807, 2.05) is 42.5 Å². The van der Waals surface area contributed by atoms with E-state index in [2.05, 4.69) is 10.2 Å². The lowest BCUT2D eigenvalue weighted by Crippen LogP contribution is -2.56. The lowest BCUT2D eigenvalue weighted by Gasteiger charge is -2.32. The van der Waals surface area contributed by atoms with E-state index in [-0.39, 0.29) is 23.1 Å².